The van der Waals surface area contributed by atoms with Gasteiger partial charge in [0.2, 0.25) is 0 Å². The predicted octanol–water partition coefficient (Wildman–Crippen LogP) is 5.34. The Morgan fingerprint density at radius 3 is 2.33 bits per heavy atom. The lowest BCUT2D eigenvalue weighted by atomic mass is 10.1. The molecule has 5 nitrogen and oxygen atoms in total. The van der Waals surface area contributed by atoms with Gasteiger partial charge in [0.05, 0.1) is 15.5 Å². The number of nitrogens with zero attached hydrogens (tertiary/aromatic N) is 1. The number of carbonyl (C=O) groups is 1. The van der Waals surface area contributed by atoms with E-state index in [0.717, 1.165) is 15.6 Å². The Balaban J connectivity index is 2.00. The molecule has 0 aliphatic rings. The summed E-state index contributed by atoms with van der Waals surface area (Å²) in [7, 11) is -3.68. The summed E-state index contributed by atoms with van der Waals surface area (Å²) in [6.07, 6.45) is 0.687. The first-order chi connectivity index (χ1) is 14.0. The van der Waals surface area contributed by atoms with Crippen molar-refractivity contribution < 1.29 is 13.2 Å². The van der Waals surface area contributed by atoms with Crippen molar-refractivity contribution in [2.45, 2.75) is 51.5 Å². The number of hydrogen-bond donors (Lipinski definition) is 1. The first-order valence-electron chi connectivity index (χ1n) is 9.97. The molecule has 0 spiro atoms. The molecule has 0 atom stereocenters. The topological polar surface area (TPSA) is 66.5 Å². The van der Waals surface area contributed by atoms with E-state index in [1.54, 1.807) is 24.3 Å². The maximum Gasteiger partial charge on any atom is 0.264 e. The molecule has 0 unspecified atom stereocenters. The van der Waals surface area contributed by atoms with E-state index in [-0.39, 0.29) is 16.3 Å². The smallest absolute Gasteiger partial charge is 0.264 e. The van der Waals surface area contributed by atoms with Crippen LogP contribution in [0.1, 0.15) is 49.4 Å². The molecule has 7 heteroatoms. The summed E-state index contributed by atoms with van der Waals surface area (Å²) < 4.78 is 29.0. The Kier molecular flexibility index (Phi) is 6.24. The fourth-order valence-corrected chi connectivity index (χ4v) is 5.62. The average Bonchev–Trinajstić information content (AvgIpc) is 3.08. The van der Waals surface area contributed by atoms with Crippen LogP contribution < -0.4 is 9.62 Å². The SMILES string of the molecule is CCCN(c1ccc2sc(C(=O)NC(C)(C)C)cc2c1)S(=O)(=O)c1ccc(C)cc1. The second-order valence-corrected chi connectivity index (χ2v) is 11.4. The highest BCUT2D eigenvalue weighted by Gasteiger charge is 2.25. The molecule has 30 heavy (non-hydrogen) atoms. The third kappa shape index (κ3) is 4.84. The highest BCUT2D eigenvalue weighted by molar-refractivity contribution is 7.92. The number of benzene rings is 2. The Hall–Kier alpha value is -2.38. The monoisotopic (exact) mass is 444 g/mol. The zero-order valence-corrected chi connectivity index (χ0v) is 19.7. The van der Waals surface area contributed by atoms with Gasteiger partial charge in [-0.05, 0) is 75.9 Å². The van der Waals surface area contributed by atoms with E-state index < -0.39 is 10.0 Å². The highest BCUT2D eigenvalue weighted by Crippen LogP contribution is 2.32. The van der Waals surface area contributed by atoms with Crippen molar-refractivity contribution in [3.63, 3.8) is 0 Å². The van der Waals surface area contributed by atoms with Crippen LogP contribution in [0.4, 0.5) is 5.69 Å². The van der Waals surface area contributed by atoms with Gasteiger partial charge in [0, 0.05) is 16.8 Å². The molecule has 1 aromatic heterocycles. The first-order valence-corrected chi connectivity index (χ1v) is 12.2. The van der Waals surface area contributed by atoms with E-state index in [2.05, 4.69) is 5.32 Å². The Labute approximate surface area is 182 Å². The fraction of sp³-hybridized carbons (Fsp3) is 0.348. The summed E-state index contributed by atoms with van der Waals surface area (Å²) in [5.41, 5.74) is 1.29. The number of anilines is 1. The van der Waals surface area contributed by atoms with Crippen LogP contribution in [0.2, 0.25) is 0 Å². The summed E-state index contributed by atoms with van der Waals surface area (Å²) in [6, 6.07) is 14.3. The van der Waals surface area contributed by atoms with E-state index in [1.165, 1.54) is 15.6 Å². The Morgan fingerprint density at radius 2 is 1.73 bits per heavy atom. The second kappa shape index (κ2) is 8.40. The first kappa shape index (κ1) is 22.3. The zero-order valence-electron chi connectivity index (χ0n) is 18.0. The standard InChI is InChI=1S/C23H28N2O3S2/c1-6-13-25(30(27,28)19-10-7-16(2)8-11-19)18-9-12-20-17(14-18)15-21(29-20)22(26)24-23(3,4)5/h7-12,14-15H,6,13H2,1-5H3,(H,24,26). The van der Waals surface area contributed by atoms with E-state index in [4.69, 9.17) is 0 Å². The van der Waals surface area contributed by atoms with Gasteiger partial charge in [-0.1, -0.05) is 24.6 Å². The third-order valence-corrected chi connectivity index (χ3v) is 7.49. The van der Waals surface area contributed by atoms with Gasteiger partial charge in [-0.3, -0.25) is 9.10 Å². The summed E-state index contributed by atoms with van der Waals surface area (Å²) in [6.45, 7) is 10.1. The van der Waals surface area contributed by atoms with E-state index in [1.807, 2.05) is 58.9 Å². The van der Waals surface area contributed by atoms with Gasteiger partial charge in [0.15, 0.2) is 0 Å². The fourth-order valence-electron chi connectivity index (χ4n) is 3.13. The molecule has 0 aliphatic carbocycles. The van der Waals surface area contributed by atoms with Crippen LogP contribution in [0.5, 0.6) is 0 Å². The van der Waals surface area contributed by atoms with Crippen LogP contribution in [0.15, 0.2) is 53.4 Å². The number of carbonyl (C=O) groups excluding carboxylic acids is 1. The van der Waals surface area contributed by atoms with Crippen LogP contribution in [0.3, 0.4) is 0 Å². The minimum Gasteiger partial charge on any atom is -0.347 e. The van der Waals surface area contributed by atoms with Crippen molar-refractivity contribution in [2.24, 2.45) is 0 Å². The lowest BCUT2D eigenvalue weighted by Gasteiger charge is -2.24. The van der Waals surface area contributed by atoms with Gasteiger partial charge < -0.3 is 5.32 Å². The van der Waals surface area contributed by atoms with Gasteiger partial charge in [-0.15, -0.1) is 11.3 Å². The van der Waals surface area contributed by atoms with Crippen LogP contribution in [0.25, 0.3) is 10.1 Å². The number of thiophene rings is 1. The summed E-state index contributed by atoms with van der Waals surface area (Å²) in [4.78, 5) is 13.4. The lowest BCUT2D eigenvalue weighted by Crippen LogP contribution is -2.40. The molecule has 3 aromatic rings. The van der Waals surface area contributed by atoms with Crippen molar-refractivity contribution in [1.82, 2.24) is 5.32 Å². The molecule has 0 fully saturated rings. The quantitative estimate of drug-likeness (QED) is 0.558. The van der Waals surface area contributed by atoms with E-state index in [9.17, 15) is 13.2 Å². The molecule has 160 valence electrons. The number of aryl methyl sites for hydroxylation is 1. The van der Waals surface area contributed by atoms with Crippen LogP contribution in [-0.2, 0) is 10.0 Å². The molecule has 1 heterocycles. The number of rotatable bonds is 6. The Bertz CT molecular complexity index is 1160. The van der Waals surface area contributed by atoms with Crippen LogP contribution in [0, 0.1) is 6.92 Å². The van der Waals surface area contributed by atoms with Crippen molar-refractivity contribution >= 4 is 43.0 Å². The molecule has 0 radical (unpaired) electrons. The molecular formula is C23H28N2O3S2. The number of hydrogen-bond acceptors (Lipinski definition) is 4. The maximum absolute atomic E-state index is 13.3. The van der Waals surface area contributed by atoms with Gasteiger partial charge >= 0.3 is 0 Å². The molecule has 0 bridgehead atoms. The molecule has 1 amide bonds. The number of fused-ring (bicyclic) bond motifs is 1. The normalized spacial score (nSPS) is 12.2. The number of sulfonamides is 1. The van der Waals surface area contributed by atoms with Crippen molar-refractivity contribution in [2.75, 3.05) is 10.8 Å². The van der Waals surface area contributed by atoms with Gasteiger partial charge in [-0.25, -0.2) is 8.42 Å². The van der Waals surface area contributed by atoms with E-state index >= 15 is 0 Å². The third-order valence-electron chi connectivity index (χ3n) is 4.54. The Morgan fingerprint density at radius 1 is 1.07 bits per heavy atom. The van der Waals surface area contributed by atoms with Crippen molar-refractivity contribution in [1.29, 1.82) is 0 Å². The largest absolute Gasteiger partial charge is 0.347 e. The van der Waals surface area contributed by atoms with Crippen LogP contribution >= 0.6 is 11.3 Å². The van der Waals surface area contributed by atoms with Gasteiger partial charge in [0.1, 0.15) is 0 Å². The zero-order chi connectivity index (χ0) is 22.1. The summed E-state index contributed by atoms with van der Waals surface area (Å²) in [5.74, 6) is -0.122. The summed E-state index contributed by atoms with van der Waals surface area (Å²) >= 11 is 1.41. The van der Waals surface area contributed by atoms with Crippen LogP contribution in [-0.4, -0.2) is 26.4 Å². The molecular weight excluding hydrogens is 416 g/mol. The lowest BCUT2D eigenvalue weighted by molar-refractivity contribution is 0.0924. The minimum atomic E-state index is -3.68. The van der Waals surface area contributed by atoms with Crippen molar-refractivity contribution in [3.8, 4) is 0 Å². The molecule has 0 saturated heterocycles. The molecule has 2 aromatic carbocycles. The minimum absolute atomic E-state index is 0.122. The second-order valence-electron chi connectivity index (χ2n) is 8.43. The number of amides is 1. The van der Waals surface area contributed by atoms with Gasteiger partial charge in [0.25, 0.3) is 15.9 Å². The van der Waals surface area contributed by atoms with E-state index in [0.29, 0.717) is 23.5 Å². The molecule has 0 aliphatic heterocycles. The molecule has 3 rings (SSSR count). The van der Waals surface area contributed by atoms with Gasteiger partial charge in [-0.2, -0.15) is 0 Å². The molecule has 1 N–H and O–H groups in total. The maximum atomic E-state index is 13.3. The van der Waals surface area contributed by atoms with Crippen molar-refractivity contribution in [3.05, 3.63) is 59.0 Å². The predicted molar refractivity (Wildman–Crippen MR) is 125 cm³/mol. The molecule has 0 saturated carbocycles. The average molecular weight is 445 g/mol. The number of nitrogens with one attached hydrogen (secondary N) is 1. The highest BCUT2D eigenvalue weighted by atomic mass is 32.2. The summed E-state index contributed by atoms with van der Waals surface area (Å²) in [5, 5.41) is 3.83.